The van der Waals surface area contributed by atoms with Crippen LogP contribution in [-0.2, 0) is 34.0 Å². The van der Waals surface area contributed by atoms with E-state index in [4.69, 9.17) is 33.6 Å². The van der Waals surface area contributed by atoms with Crippen molar-refractivity contribution >= 4 is 29.8 Å². The number of hydrogen-bond acceptors (Lipinski definition) is 11. The number of ether oxygens (including phenoxy) is 5. The number of aryl methyl sites for hydroxylation is 4. The summed E-state index contributed by atoms with van der Waals surface area (Å²) in [7, 11) is 0. The van der Waals surface area contributed by atoms with Crippen LogP contribution >= 0.6 is 0 Å². The average molecular weight is 953 g/mol. The molecule has 0 fully saturated rings. The zero-order valence-electron chi connectivity index (χ0n) is 40.8. The first-order valence-electron chi connectivity index (χ1n) is 22.5. The molecule has 0 aromatic heterocycles. The molecule has 6 rings (SSSR count). The minimum absolute atomic E-state index is 0.0266. The highest BCUT2D eigenvalue weighted by Crippen LogP contribution is 2.57. The fourth-order valence-corrected chi connectivity index (χ4v) is 8.78. The van der Waals surface area contributed by atoms with E-state index < -0.39 is 52.4 Å². The molecule has 0 aliphatic heterocycles. The Morgan fingerprint density at radius 3 is 1.57 bits per heavy atom. The lowest BCUT2D eigenvalue weighted by Crippen LogP contribution is -2.50. The van der Waals surface area contributed by atoms with E-state index in [1.54, 1.807) is 19.1 Å². The molecule has 0 amide bonds. The SMILES string of the molecule is C=CC(=O)OCC(COc1c(C)cc(C2(c3cc(C)c(OCC(C)(COC(=O)C=C)C(C)(O)/C=C/C)c(C)c3)c3ccccc3-c3ccccc32)cc1C)OC(=O)c1ccccc1C(=O)O.CC(=O)O. The summed E-state index contributed by atoms with van der Waals surface area (Å²) < 4.78 is 29.5. The van der Waals surface area contributed by atoms with E-state index in [0.717, 1.165) is 74.7 Å². The third-order valence-electron chi connectivity index (χ3n) is 12.3. The quantitative estimate of drug-likeness (QED) is 0.0301. The number of carbonyl (C=O) groups excluding carboxylic acids is 3. The summed E-state index contributed by atoms with van der Waals surface area (Å²) in [6, 6.07) is 30.9. The number of carbonyl (C=O) groups is 5. The summed E-state index contributed by atoms with van der Waals surface area (Å²) in [5.74, 6) is -3.19. The maximum absolute atomic E-state index is 13.3. The summed E-state index contributed by atoms with van der Waals surface area (Å²) in [4.78, 5) is 58.5. The number of aliphatic carboxylic acids is 1. The molecule has 3 unspecified atom stereocenters. The monoisotopic (exact) mass is 952 g/mol. The van der Waals surface area contributed by atoms with Crippen molar-refractivity contribution in [3.63, 3.8) is 0 Å². The van der Waals surface area contributed by atoms with Gasteiger partial charge in [-0.25, -0.2) is 19.2 Å². The van der Waals surface area contributed by atoms with Gasteiger partial charge in [-0.1, -0.05) is 110 Å². The van der Waals surface area contributed by atoms with Crippen LogP contribution in [0.5, 0.6) is 11.5 Å². The lowest BCUT2D eigenvalue weighted by atomic mass is 9.66. The number of aliphatic hydroxyl groups is 1. The largest absolute Gasteiger partial charge is 0.492 e. The lowest BCUT2D eigenvalue weighted by Gasteiger charge is -2.40. The van der Waals surface area contributed by atoms with Crippen molar-refractivity contribution in [1.29, 1.82) is 0 Å². The topological polar surface area (TPSA) is 192 Å². The first kappa shape index (κ1) is 53.2. The smallest absolute Gasteiger partial charge is 0.339 e. The fourth-order valence-electron chi connectivity index (χ4n) is 8.78. The van der Waals surface area contributed by atoms with Gasteiger partial charge in [0.15, 0.2) is 6.10 Å². The Morgan fingerprint density at radius 2 is 1.10 bits per heavy atom. The number of carboxylic acid groups (broad SMARTS) is 2. The number of aromatic carboxylic acids is 1. The third kappa shape index (κ3) is 11.4. The van der Waals surface area contributed by atoms with E-state index in [0.29, 0.717) is 11.5 Å². The van der Waals surface area contributed by atoms with Crippen LogP contribution in [0.2, 0.25) is 0 Å². The van der Waals surface area contributed by atoms with Crippen LogP contribution in [0.15, 0.2) is 135 Å². The summed E-state index contributed by atoms with van der Waals surface area (Å²) >= 11 is 0. The molecule has 0 spiro atoms. The molecule has 3 N–H and O–H groups in total. The van der Waals surface area contributed by atoms with E-state index in [2.05, 4.69) is 61.7 Å². The summed E-state index contributed by atoms with van der Waals surface area (Å²) in [5, 5.41) is 28.7. The predicted molar refractivity (Wildman–Crippen MR) is 265 cm³/mol. The van der Waals surface area contributed by atoms with Gasteiger partial charge in [0.05, 0.1) is 34.2 Å². The second kappa shape index (κ2) is 22.6. The highest BCUT2D eigenvalue weighted by atomic mass is 16.6. The molecule has 5 aromatic rings. The highest BCUT2D eigenvalue weighted by molar-refractivity contribution is 6.02. The van der Waals surface area contributed by atoms with Crippen LogP contribution in [0.3, 0.4) is 0 Å². The van der Waals surface area contributed by atoms with E-state index in [1.807, 2.05) is 65.8 Å². The summed E-state index contributed by atoms with van der Waals surface area (Å²) in [5.41, 5.74) is 5.99. The molecule has 0 bridgehead atoms. The number of rotatable bonds is 19. The fraction of sp³-hybridized carbons (Fsp3) is 0.281. The van der Waals surface area contributed by atoms with Crippen molar-refractivity contribution in [3.8, 4) is 22.6 Å². The number of esters is 3. The first-order chi connectivity index (χ1) is 33.1. The zero-order chi connectivity index (χ0) is 51.6. The van der Waals surface area contributed by atoms with Gasteiger partial charge in [-0.2, -0.15) is 0 Å². The van der Waals surface area contributed by atoms with Crippen LogP contribution in [0, 0.1) is 33.1 Å². The highest BCUT2D eigenvalue weighted by Gasteiger charge is 2.47. The maximum Gasteiger partial charge on any atom is 0.339 e. The van der Waals surface area contributed by atoms with Crippen molar-refractivity contribution in [1.82, 2.24) is 0 Å². The van der Waals surface area contributed by atoms with E-state index >= 15 is 0 Å². The second-order valence-corrected chi connectivity index (χ2v) is 17.6. The minimum atomic E-state index is -1.39. The van der Waals surface area contributed by atoms with Crippen LogP contribution in [-0.4, -0.2) is 83.3 Å². The summed E-state index contributed by atoms with van der Waals surface area (Å²) in [6.07, 6.45) is 4.39. The van der Waals surface area contributed by atoms with Gasteiger partial charge in [-0.15, -0.1) is 0 Å². The van der Waals surface area contributed by atoms with Gasteiger partial charge in [0.2, 0.25) is 0 Å². The predicted octanol–water partition coefficient (Wildman–Crippen LogP) is 9.85. The first-order valence-corrected chi connectivity index (χ1v) is 22.5. The van der Waals surface area contributed by atoms with Crippen molar-refractivity contribution in [2.45, 2.75) is 72.5 Å². The van der Waals surface area contributed by atoms with Gasteiger partial charge in [0, 0.05) is 19.1 Å². The van der Waals surface area contributed by atoms with Crippen molar-refractivity contribution in [2.24, 2.45) is 5.41 Å². The molecule has 0 heterocycles. The summed E-state index contributed by atoms with van der Waals surface area (Å²) in [6.45, 7) is 20.5. The van der Waals surface area contributed by atoms with Crippen molar-refractivity contribution < 1.29 is 63.0 Å². The molecule has 0 saturated heterocycles. The second-order valence-electron chi connectivity index (χ2n) is 17.6. The molecule has 1 aliphatic rings. The Hall–Kier alpha value is -7.77. The molecular weight excluding hydrogens is 893 g/mol. The standard InChI is InChI=1S/C55H56O11.C2H4O2/c1-10-25-54(9,61)53(8,32-64-48(57)12-3)33-65-50-36(6)28-39(29-37(50)7)55(45-23-17-15-19-41(45)42-20-16-18-24-46(42)55)38-26-34(4)49(35(5)27-38)63-31-40(30-62-47(56)11-2)66-52(60)44-22-14-13-21-43(44)51(58)59;1-2(3)4/h10-29,40,61H,2-3,30-33H2,1,4-9H3,(H,58,59);1H3,(H,3,4)/b25-10+;. The molecule has 13 nitrogen and oxygen atoms in total. The molecule has 0 radical (unpaired) electrons. The van der Waals surface area contributed by atoms with Gasteiger partial charge in [-0.3, -0.25) is 4.79 Å². The normalized spacial score (nSPS) is 14.2. The number of benzene rings is 5. The van der Waals surface area contributed by atoms with Crippen molar-refractivity contribution in [3.05, 3.63) is 190 Å². The molecular formula is C57H60O13. The Balaban J connectivity index is 0.00000219. The van der Waals surface area contributed by atoms with E-state index in [9.17, 15) is 29.4 Å². The van der Waals surface area contributed by atoms with Crippen molar-refractivity contribution in [2.75, 3.05) is 26.4 Å². The molecule has 0 saturated carbocycles. The van der Waals surface area contributed by atoms with Crippen LogP contribution in [0.25, 0.3) is 11.1 Å². The Kier molecular flexibility index (Phi) is 17.1. The molecule has 366 valence electrons. The van der Waals surface area contributed by atoms with Gasteiger partial charge in [0.1, 0.15) is 31.3 Å². The minimum Gasteiger partial charge on any atom is -0.492 e. The third-order valence-corrected chi connectivity index (χ3v) is 12.3. The van der Waals surface area contributed by atoms with Gasteiger partial charge in [-0.05, 0) is 116 Å². The van der Waals surface area contributed by atoms with Crippen LogP contribution < -0.4 is 9.47 Å². The molecule has 70 heavy (non-hydrogen) atoms. The number of hydrogen-bond donors (Lipinski definition) is 3. The molecule has 3 atom stereocenters. The Labute approximate surface area is 408 Å². The zero-order valence-corrected chi connectivity index (χ0v) is 40.8. The Bertz CT molecular complexity index is 2740. The molecule has 1 aliphatic carbocycles. The number of allylic oxidation sites excluding steroid dienone is 1. The molecule has 5 aromatic carbocycles. The van der Waals surface area contributed by atoms with Gasteiger partial charge >= 0.3 is 23.9 Å². The van der Waals surface area contributed by atoms with E-state index in [-0.39, 0.29) is 37.6 Å². The molecule has 13 heteroatoms. The number of fused-ring (bicyclic) bond motifs is 3. The lowest BCUT2D eigenvalue weighted by molar-refractivity contribution is -0.149. The maximum atomic E-state index is 13.3. The van der Waals surface area contributed by atoms with Crippen LogP contribution in [0.4, 0.5) is 0 Å². The van der Waals surface area contributed by atoms with E-state index in [1.165, 1.54) is 24.3 Å². The number of carboxylic acids is 2. The van der Waals surface area contributed by atoms with Gasteiger partial charge < -0.3 is 39.0 Å². The van der Waals surface area contributed by atoms with Crippen LogP contribution in [0.1, 0.15) is 92.9 Å². The Morgan fingerprint density at radius 1 is 0.657 bits per heavy atom. The van der Waals surface area contributed by atoms with Gasteiger partial charge in [0.25, 0.3) is 5.97 Å². The average Bonchev–Trinajstić information content (AvgIpc) is 3.62.